The summed E-state index contributed by atoms with van der Waals surface area (Å²) in [6, 6.07) is 5.67. The topological polar surface area (TPSA) is 74.2 Å². The molecule has 136 valence electrons. The smallest absolute Gasteiger partial charge is 0.279 e. The van der Waals surface area contributed by atoms with Gasteiger partial charge in [0.2, 0.25) is 5.91 Å². The lowest BCUT2D eigenvalue weighted by atomic mass is 10.3. The van der Waals surface area contributed by atoms with Crippen LogP contribution in [-0.2, 0) is 14.4 Å². The molecule has 1 atom stereocenters. The van der Waals surface area contributed by atoms with Crippen LogP contribution in [0.25, 0.3) is 0 Å². The average molecular weight is 351 g/mol. The van der Waals surface area contributed by atoms with Gasteiger partial charge in [0.25, 0.3) is 11.8 Å². The summed E-state index contributed by atoms with van der Waals surface area (Å²) in [6.07, 6.45) is 0. The Morgan fingerprint density at radius 3 is 2.36 bits per heavy atom. The molecule has 2 rings (SSSR count). The second kappa shape index (κ2) is 8.57. The quantitative estimate of drug-likeness (QED) is 0.712. The van der Waals surface area contributed by atoms with E-state index >= 15 is 0 Å². The van der Waals surface area contributed by atoms with Crippen LogP contribution in [0.1, 0.15) is 6.92 Å². The third-order valence-corrected chi connectivity index (χ3v) is 4.10. The van der Waals surface area contributed by atoms with Gasteiger partial charge in [-0.25, -0.2) is 4.39 Å². The third kappa shape index (κ3) is 5.82. The van der Waals surface area contributed by atoms with E-state index in [1.165, 1.54) is 25.1 Å². The molecule has 3 amide bonds. The number of hydrogen-bond donors (Lipinski definition) is 2. The molecule has 0 spiro atoms. The number of piperazine rings is 1. The molecular formula is C17H24FN4O3+. The second-order valence-corrected chi connectivity index (χ2v) is 6.26. The van der Waals surface area contributed by atoms with Crippen LogP contribution >= 0.6 is 0 Å². The summed E-state index contributed by atoms with van der Waals surface area (Å²) in [6.45, 7) is 3.93. The van der Waals surface area contributed by atoms with Crippen LogP contribution in [0, 0.1) is 5.82 Å². The number of carbonyl (C=O) groups is 3. The Labute approximate surface area is 146 Å². The molecule has 1 heterocycles. The lowest BCUT2D eigenvalue weighted by Gasteiger charge is -2.34. The van der Waals surface area contributed by atoms with Gasteiger partial charge in [-0.1, -0.05) is 6.07 Å². The highest BCUT2D eigenvalue weighted by Crippen LogP contribution is 2.08. The molecule has 1 aromatic rings. The van der Waals surface area contributed by atoms with E-state index in [2.05, 4.69) is 5.32 Å². The monoisotopic (exact) mass is 351 g/mol. The Morgan fingerprint density at radius 1 is 1.12 bits per heavy atom. The van der Waals surface area contributed by atoms with E-state index in [4.69, 9.17) is 0 Å². The molecule has 0 saturated carbocycles. The number of halogens is 1. The number of likely N-dealkylation sites (N-methyl/N-ethyl adjacent to an activating group) is 1. The highest BCUT2D eigenvalue weighted by molar-refractivity contribution is 5.91. The van der Waals surface area contributed by atoms with Crippen molar-refractivity contribution in [3.8, 4) is 0 Å². The molecule has 0 radical (unpaired) electrons. The fourth-order valence-electron chi connectivity index (χ4n) is 2.75. The zero-order valence-corrected chi connectivity index (χ0v) is 14.5. The van der Waals surface area contributed by atoms with Crippen LogP contribution in [0.4, 0.5) is 10.1 Å². The first kappa shape index (κ1) is 18.9. The van der Waals surface area contributed by atoms with Crippen molar-refractivity contribution in [1.29, 1.82) is 0 Å². The minimum absolute atomic E-state index is 0.0175. The summed E-state index contributed by atoms with van der Waals surface area (Å²) in [5.74, 6) is -0.723. The summed E-state index contributed by atoms with van der Waals surface area (Å²) in [5.41, 5.74) is 0.393. The number of carbonyl (C=O) groups excluding carboxylic acids is 3. The second-order valence-electron chi connectivity index (χ2n) is 6.26. The maximum absolute atomic E-state index is 13.1. The molecule has 1 aromatic carbocycles. The van der Waals surface area contributed by atoms with E-state index in [0.29, 0.717) is 31.9 Å². The summed E-state index contributed by atoms with van der Waals surface area (Å²) < 4.78 is 13.1. The molecule has 7 nitrogen and oxygen atoms in total. The van der Waals surface area contributed by atoms with E-state index in [1.54, 1.807) is 22.9 Å². The number of nitrogens with zero attached hydrogens (tertiary/aromatic N) is 2. The van der Waals surface area contributed by atoms with Gasteiger partial charge < -0.3 is 20.0 Å². The van der Waals surface area contributed by atoms with Gasteiger partial charge in [-0.3, -0.25) is 14.4 Å². The van der Waals surface area contributed by atoms with Crippen molar-refractivity contribution in [1.82, 2.24) is 9.80 Å². The molecule has 1 unspecified atom stereocenters. The van der Waals surface area contributed by atoms with Gasteiger partial charge in [0, 0.05) is 38.8 Å². The van der Waals surface area contributed by atoms with Crippen LogP contribution in [0.2, 0.25) is 0 Å². The van der Waals surface area contributed by atoms with Gasteiger partial charge in [-0.05, 0) is 18.2 Å². The molecule has 1 aliphatic heterocycles. The molecule has 0 aromatic heterocycles. The zero-order chi connectivity index (χ0) is 18.4. The summed E-state index contributed by atoms with van der Waals surface area (Å²) in [7, 11) is 1.76. The van der Waals surface area contributed by atoms with Crippen LogP contribution in [0.5, 0.6) is 0 Å². The molecule has 1 saturated heterocycles. The molecule has 0 aliphatic carbocycles. The zero-order valence-electron chi connectivity index (χ0n) is 14.5. The SMILES string of the molecule is CC(=O)N1CCN(C(=O)C[NH+](C)CC(=O)Nc2cccc(F)c2)CC1. The third-order valence-electron chi connectivity index (χ3n) is 4.10. The molecule has 1 aliphatic rings. The van der Waals surface area contributed by atoms with Crippen LogP contribution in [-0.4, -0.2) is 73.8 Å². The van der Waals surface area contributed by atoms with Crippen LogP contribution in [0.15, 0.2) is 24.3 Å². The number of benzene rings is 1. The number of hydrogen-bond acceptors (Lipinski definition) is 3. The van der Waals surface area contributed by atoms with Crippen molar-refractivity contribution in [2.75, 3.05) is 51.6 Å². The Hall–Kier alpha value is -2.48. The maximum Gasteiger partial charge on any atom is 0.279 e. The van der Waals surface area contributed by atoms with E-state index < -0.39 is 5.82 Å². The summed E-state index contributed by atoms with van der Waals surface area (Å²) >= 11 is 0. The molecule has 8 heteroatoms. The van der Waals surface area contributed by atoms with Crippen LogP contribution in [0.3, 0.4) is 0 Å². The number of rotatable bonds is 5. The van der Waals surface area contributed by atoms with Crippen molar-refractivity contribution in [3.63, 3.8) is 0 Å². The van der Waals surface area contributed by atoms with Gasteiger partial charge in [-0.15, -0.1) is 0 Å². The minimum atomic E-state index is -0.418. The standard InChI is InChI=1S/C17H23FN4O3/c1-13(23)21-6-8-22(9-7-21)17(25)12-20(2)11-16(24)19-15-5-3-4-14(18)10-15/h3-5,10H,6-9,11-12H2,1-2H3,(H,19,24)/p+1. The van der Waals surface area contributed by atoms with Crippen molar-refractivity contribution in [3.05, 3.63) is 30.1 Å². The molecule has 25 heavy (non-hydrogen) atoms. The normalized spacial score (nSPS) is 15.6. The van der Waals surface area contributed by atoms with Gasteiger partial charge in [-0.2, -0.15) is 0 Å². The Balaban J connectivity index is 1.75. The molecular weight excluding hydrogens is 327 g/mol. The minimum Gasteiger partial charge on any atom is -0.339 e. The predicted octanol–water partition coefficient (Wildman–Crippen LogP) is -1.03. The fraction of sp³-hybridized carbons (Fsp3) is 0.471. The average Bonchev–Trinajstić information content (AvgIpc) is 2.54. The van der Waals surface area contributed by atoms with Gasteiger partial charge in [0.15, 0.2) is 13.1 Å². The first-order valence-corrected chi connectivity index (χ1v) is 8.25. The molecule has 2 N–H and O–H groups in total. The van der Waals surface area contributed by atoms with Gasteiger partial charge in [0.05, 0.1) is 7.05 Å². The number of amides is 3. The van der Waals surface area contributed by atoms with Crippen molar-refractivity contribution in [2.45, 2.75) is 6.92 Å². The Morgan fingerprint density at radius 2 is 1.76 bits per heavy atom. The lowest BCUT2D eigenvalue weighted by Crippen LogP contribution is -3.11. The number of anilines is 1. The van der Waals surface area contributed by atoms with Crippen molar-refractivity contribution < 1.29 is 23.7 Å². The highest BCUT2D eigenvalue weighted by Gasteiger charge is 2.24. The van der Waals surface area contributed by atoms with Gasteiger partial charge >= 0.3 is 0 Å². The Kier molecular flexibility index (Phi) is 6.46. The first-order chi connectivity index (χ1) is 11.8. The van der Waals surface area contributed by atoms with Crippen molar-refractivity contribution >= 4 is 23.4 Å². The largest absolute Gasteiger partial charge is 0.339 e. The molecule has 1 fully saturated rings. The lowest BCUT2D eigenvalue weighted by molar-refractivity contribution is -0.862. The van der Waals surface area contributed by atoms with E-state index in [9.17, 15) is 18.8 Å². The van der Waals surface area contributed by atoms with Gasteiger partial charge in [0.1, 0.15) is 5.82 Å². The highest BCUT2D eigenvalue weighted by atomic mass is 19.1. The summed E-state index contributed by atoms with van der Waals surface area (Å²) in [5, 5.41) is 2.62. The number of quaternary nitrogens is 1. The number of nitrogens with one attached hydrogen (secondary N) is 2. The Bertz CT molecular complexity index is 645. The van der Waals surface area contributed by atoms with Crippen LogP contribution < -0.4 is 10.2 Å². The van der Waals surface area contributed by atoms with E-state index in [1.807, 2.05) is 0 Å². The fourth-order valence-corrected chi connectivity index (χ4v) is 2.75. The predicted molar refractivity (Wildman–Crippen MR) is 90.5 cm³/mol. The van der Waals surface area contributed by atoms with Crippen molar-refractivity contribution in [2.24, 2.45) is 0 Å². The summed E-state index contributed by atoms with van der Waals surface area (Å²) in [4.78, 5) is 39.7. The maximum atomic E-state index is 13.1. The first-order valence-electron chi connectivity index (χ1n) is 8.25. The molecule has 0 bridgehead atoms. The van der Waals surface area contributed by atoms with E-state index in [0.717, 1.165) is 4.90 Å². The van der Waals surface area contributed by atoms with E-state index in [-0.39, 0.29) is 30.8 Å².